The number of rotatable bonds is 4. The average molecular weight is 331 g/mol. The summed E-state index contributed by atoms with van der Waals surface area (Å²) in [6.07, 6.45) is 3.97. The molecule has 1 aliphatic heterocycles. The van der Waals surface area contributed by atoms with Gasteiger partial charge in [-0.2, -0.15) is 0 Å². The van der Waals surface area contributed by atoms with Crippen molar-refractivity contribution < 1.29 is 4.79 Å². The van der Waals surface area contributed by atoms with Crippen LogP contribution in [-0.2, 0) is 0 Å². The summed E-state index contributed by atoms with van der Waals surface area (Å²) in [5.41, 5.74) is 1.62. The molecular formula is C16H21N5OS. The quantitative estimate of drug-likeness (QED) is 0.900. The molecule has 0 spiro atoms. The number of amides is 1. The van der Waals surface area contributed by atoms with Crippen LogP contribution in [0.2, 0.25) is 0 Å². The Hall–Kier alpha value is -1.99. The van der Waals surface area contributed by atoms with Crippen molar-refractivity contribution in [2.24, 2.45) is 0 Å². The van der Waals surface area contributed by atoms with E-state index in [1.54, 1.807) is 6.20 Å². The summed E-state index contributed by atoms with van der Waals surface area (Å²) in [4.78, 5) is 23.2. The third kappa shape index (κ3) is 3.68. The van der Waals surface area contributed by atoms with E-state index in [0.29, 0.717) is 22.4 Å². The first-order valence-corrected chi connectivity index (χ1v) is 8.63. The van der Waals surface area contributed by atoms with Crippen molar-refractivity contribution in [3.63, 3.8) is 0 Å². The molecule has 0 radical (unpaired) electrons. The maximum Gasteiger partial charge on any atom is 0.261 e. The monoisotopic (exact) mass is 331 g/mol. The van der Waals surface area contributed by atoms with Gasteiger partial charge in [0.2, 0.25) is 0 Å². The highest BCUT2D eigenvalue weighted by Crippen LogP contribution is 2.26. The number of aromatic nitrogens is 2. The Kier molecular flexibility index (Phi) is 4.88. The van der Waals surface area contributed by atoms with Crippen LogP contribution in [-0.4, -0.2) is 43.1 Å². The lowest BCUT2D eigenvalue weighted by Crippen LogP contribution is -2.29. The molecule has 1 aliphatic rings. The summed E-state index contributed by atoms with van der Waals surface area (Å²) in [6, 6.07) is 3.84. The first-order valence-electron chi connectivity index (χ1n) is 7.75. The van der Waals surface area contributed by atoms with Crippen LogP contribution < -0.4 is 15.5 Å². The van der Waals surface area contributed by atoms with Crippen molar-refractivity contribution in [3.8, 4) is 0 Å². The number of carbonyl (C=O) groups excluding carboxylic acids is 1. The Labute approximate surface area is 140 Å². The van der Waals surface area contributed by atoms with Crippen molar-refractivity contribution in [1.29, 1.82) is 0 Å². The van der Waals surface area contributed by atoms with Crippen LogP contribution in [0.5, 0.6) is 0 Å². The molecule has 0 saturated carbocycles. The van der Waals surface area contributed by atoms with Gasteiger partial charge in [0.15, 0.2) is 5.13 Å². The predicted molar refractivity (Wildman–Crippen MR) is 93.5 cm³/mol. The lowest BCUT2D eigenvalue weighted by molar-refractivity contribution is 0.102. The summed E-state index contributed by atoms with van der Waals surface area (Å²) in [5.74, 6) is 0.935. The van der Waals surface area contributed by atoms with Gasteiger partial charge in [0.05, 0.1) is 5.56 Å². The number of hydrogen-bond acceptors (Lipinski definition) is 6. The molecule has 3 rings (SSSR count). The van der Waals surface area contributed by atoms with Gasteiger partial charge in [0.25, 0.3) is 5.91 Å². The second-order valence-electron chi connectivity index (χ2n) is 5.84. The smallest absolute Gasteiger partial charge is 0.261 e. The number of hydrogen-bond donors (Lipinski definition) is 2. The Balaban J connectivity index is 1.86. The van der Waals surface area contributed by atoms with Gasteiger partial charge in [-0.25, -0.2) is 9.97 Å². The molecule has 0 bridgehead atoms. The van der Waals surface area contributed by atoms with Crippen molar-refractivity contribution in [1.82, 2.24) is 15.3 Å². The van der Waals surface area contributed by atoms with Gasteiger partial charge in [-0.05, 0) is 31.5 Å². The fourth-order valence-electron chi connectivity index (χ4n) is 2.76. The topological polar surface area (TPSA) is 70.2 Å². The molecule has 1 amide bonds. The Morgan fingerprint density at radius 1 is 1.43 bits per heavy atom. The van der Waals surface area contributed by atoms with Crippen LogP contribution in [0.4, 0.5) is 10.9 Å². The van der Waals surface area contributed by atoms with E-state index in [1.807, 2.05) is 36.5 Å². The zero-order chi connectivity index (χ0) is 16.2. The van der Waals surface area contributed by atoms with Gasteiger partial charge >= 0.3 is 0 Å². The molecule has 6 nitrogen and oxygen atoms in total. The molecule has 2 aromatic rings. The largest absolute Gasteiger partial charge is 0.362 e. The lowest BCUT2D eigenvalue weighted by atomic mass is 9.95. The van der Waals surface area contributed by atoms with Crippen molar-refractivity contribution in [2.75, 3.05) is 37.4 Å². The molecule has 3 heterocycles. The Morgan fingerprint density at radius 2 is 2.30 bits per heavy atom. The minimum absolute atomic E-state index is 0.176. The fourth-order valence-corrected chi connectivity index (χ4v) is 3.29. The molecule has 0 aliphatic carbocycles. The Bertz CT molecular complexity index is 665. The van der Waals surface area contributed by atoms with E-state index < -0.39 is 0 Å². The standard InChI is InChI=1S/C16H21N5OS/c1-21(2)14-12(15(22)20-16-18-8-9-23-16)5-6-13(19-14)11-4-3-7-17-10-11/h5-6,8-9,11,17H,3-4,7,10H2,1-2H3,(H,18,20,22)/t11-/m1/s1. The minimum Gasteiger partial charge on any atom is -0.362 e. The molecule has 2 aromatic heterocycles. The van der Waals surface area contributed by atoms with Gasteiger partial charge < -0.3 is 10.2 Å². The highest BCUT2D eigenvalue weighted by atomic mass is 32.1. The summed E-state index contributed by atoms with van der Waals surface area (Å²) < 4.78 is 0. The van der Waals surface area contributed by atoms with Gasteiger partial charge in [-0.1, -0.05) is 0 Å². The molecule has 7 heteroatoms. The van der Waals surface area contributed by atoms with Crippen molar-refractivity contribution in [2.45, 2.75) is 18.8 Å². The van der Waals surface area contributed by atoms with Gasteiger partial charge in [-0.15, -0.1) is 11.3 Å². The third-order valence-electron chi connectivity index (χ3n) is 3.93. The van der Waals surface area contributed by atoms with E-state index in [1.165, 1.54) is 11.3 Å². The second-order valence-corrected chi connectivity index (χ2v) is 6.73. The molecule has 1 fully saturated rings. The van der Waals surface area contributed by atoms with E-state index in [2.05, 4.69) is 15.6 Å². The van der Waals surface area contributed by atoms with Crippen LogP contribution in [0.1, 0.15) is 34.8 Å². The number of carbonyl (C=O) groups is 1. The van der Waals surface area contributed by atoms with Gasteiger partial charge in [-0.3, -0.25) is 10.1 Å². The maximum absolute atomic E-state index is 12.5. The number of thiazole rings is 1. The normalized spacial score (nSPS) is 17.7. The van der Waals surface area contributed by atoms with Crippen molar-refractivity contribution in [3.05, 3.63) is 35.0 Å². The van der Waals surface area contributed by atoms with Crippen LogP contribution >= 0.6 is 11.3 Å². The van der Waals surface area contributed by atoms with Gasteiger partial charge in [0, 0.05) is 43.8 Å². The highest BCUT2D eigenvalue weighted by molar-refractivity contribution is 7.13. The van der Waals surface area contributed by atoms with Crippen LogP contribution in [0.3, 0.4) is 0 Å². The van der Waals surface area contributed by atoms with Crippen LogP contribution in [0.25, 0.3) is 0 Å². The van der Waals surface area contributed by atoms with E-state index >= 15 is 0 Å². The number of nitrogens with zero attached hydrogens (tertiary/aromatic N) is 3. The zero-order valence-corrected chi connectivity index (χ0v) is 14.2. The lowest BCUT2D eigenvalue weighted by Gasteiger charge is -2.24. The summed E-state index contributed by atoms with van der Waals surface area (Å²) >= 11 is 1.40. The Morgan fingerprint density at radius 3 is 2.96 bits per heavy atom. The van der Waals surface area contributed by atoms with Gasteiger partial charge in [0.1, 0.15) is 5.82 Å². The second kappa shape index (κ2) is 7.06. The number of piperidine rings is 1. The summed E-state index contributed by atoms with van der Waals surface area (Å²) in [6.45, 7) is 2.02. The van der Waals surface area contributed by atoms with E-state index in [-0.39, 0.29) is 5.91 Å². The fraction of sp³-hybridized carbons (Fsp3) is 0.438. The zero-order valence-electron chi connectivity index (χ0n) is 13.4. The maximum atomic E-state index is 12.5. The van der Waals surface area contributed by atoms with Crippen LogP contribution in [0, 0.1) is 0 Å². The third-order valence-corrected chi connectivity index (χ3v) is 4.62. The summed E-state index contributed by atoms with van der Waals surface area (Å²) in [5, 5.41) is 8.66. The van der Waals surface area contributed by atoms with Crippen LogP contribution in [0.15, 0.2) is 23.7 Å². The molecule has 0 unspecified atom stereocenters. The predicted octanol–water partition coefficient (Wildman–Crippen LogP) is 2.32. The first-order chi connectivity index (χ1) is 11.1. The van der Waals surface area contributed by atoms with E-state index in [0.717, 1.165) is 31.6 Å². The highest BCUT2D eigenvalue weighted by Gasteiger charge is 2.21. The SMILES string of the molecule is CN(C)c1nc([C@@H]2CCCNC2)ccc1C(=O)Nc1nccs1. The molecule has 122 valence electrons. The van der Waals surface area contributed by atoms with E-state index in [9.17, 15) is 4.79 Å². The molecule has 23 heavy (non-hydrogen) atoms. The molecule has 1 saturated heterocycles. The first kappa shape index (κ1) is 15.9. The molecule has 0 aromatic carbocycles. The van der Waals surface area contributed by atoms with Crippen molar-refractivity contribution >= 4 is 28.2 Å². The average Bonchev–Trinajstić information content (AvgIpc) is 3.08. The summed E-state index contributed by atoms with van der Waals surface area (Å²) in [7, 11) is 3.82. The molecule has 1 atom stereocenters. The molecule has 2 N–H and O–H groups in total. The number of anilines is 2. The number of nitrogens with one attached hydrogen (secondary N) is 2. The minimum atomic E-state index is -0.176. The van der Waals surface area contributed by atoms with E-state index in [4.69, 9.17) is 4.98 Å². The molecular weight excluding hydrogens is 310 g/mol. The number of pyridine rings is 1.